The average molecular weight is 413 g/mol. The van der Waals surface area contributed by atoms with Gasteiger partial charge in [0.25, 0.3) is 0 Å². The quantitative estimate of drug-likeness (QED) is 0.764. The van der Waals surface area contributed by atoms with Gasteiger partial charge in [-0.15, -0.1) is 0 Å². The van der Waals surface area contributed by atoms with Crippen molar-refractivity contribution < 1.29 is 9.53 Å². The predicted molar refractivity (Wildman–Crippen MR) is 118 cm³/mol. The Morgan fingerprint density at radius 3 is 2.47 bits per heavy atom. The first-order chi connectivity index (χ1) is 14.7. The topological polar surface area (TPSA) is 48.9 Å². The van der Waals surface area contributed by atoms with Crippen LogP contribution < -0.4 is 4.90 Å². The number of piperazine rings is 1. The second-order valence-corrected chi connectivity index (χ2v) is 9.70. The van der Waals surface area contributed by atoms with Crippen molar-refractivity contribution in [3.8, 4) is 0 Å². The number of carbonyl (C=O) groups is 1. The van der Waals surface area contributed by atoms with Gasteiger partial charge in [0, 0.05) is 64.0 Å². The van der Waals surface area contributed by atoms with E-state index in [2.05, 4.69) is 31.8 Å². The third kappa shape index (κ3) is 4.22. The van der Waals surface area contributed by atoms with Crippen LogP contribution in [0.5, 0.6) is 0 Å². The highest BCUT2D eigenvalue weighted by atomic mass is 16.5. The number of likely N-dealkylation sites (tertiary alicyclic amines) is 1. The van der Waals surface area contributed by atoms with Crippen LogP contribution >= 0.6 is 0 Å². The maximum Gasteiger partial charge on any atom is 0.225 e. The van der Waals surface area contributed by atoms with Gasteiger partial charge >= 0.3 is 0 Å². The minimum absolute atomic E-state index is 0.00646. The van der Waals surface area contributed by atoms with E-state index in [0.717, 1.165) is 90.2 Å². The van der Waals surface area contributed by atoms with E-state index >= 15 is 0 Å². The fraction of sp³-hybridized carbons (Fsp3) is 0.750. The van der Waals surface area contributed by atoms with Crippen LogP contribution in [-0.2, 0) is 9.53 Å². The number of ether oxygens (including phenoxy) is 1. The first-order valence-electron chi connectivity index (χ1n) is 12.1. The third-order valence-electron chi connectivity index (χ3n) is 7.96. The van der Waals surface area contributed by atoms with Gasteiger partial charge in [-0.2, -0.15) is 0 Å². The van der Waals surface area contributed by atoms with Crippen molar-refractivity contribution in [3.05, 3.63) is 24.4 Å². The maximum atomic E-state index is 12.8. The summed E-state index contributed by atoms with van der Waals surface area (Å²) < 4.78 is 6.39. The lowest BCUT2D eigenvalue weighted by molar-refractivity contribution is -0.152. The summed E-state index contributed by atoms with van der Waals surface area (Å²) in [7, 11) is 0. The van der Waals surface area contributed by atoms with Crippen LogP contribution in [-0.4, -0.2) is 78.2 Å². The van der Waals surface area contributed by atoms with Gasteiger partial charge < -0.3 is 14.5 Å². The molecule has 4 fully saturated rings. The van der Waals surface area contributed by atoms with Gasteiger partial charge in [-0.25, -0.2) is 4.98 Å². The molecule has 1 saturated carbocycles. The number of rotatable bonds is 3. The molecule has 3 saturated heterocycles. The van der Waals surface area contributed by atoms with E-state index in [9.17, 15) is 4.79 Å². The van der Waals surface area contributed by atoms with Crippen molar-refractivity contribution in [3.63, 3.8) is 0 Å². The molecule has 0 aromatic carbocycles. The molecule has 1 unspecified atom stereocenters. The Bertz CT molecular complexity index is 705. The molecule has 1 spiro atoms. The zero-order valence-corrected chi connectivity index (χ0v) is 18.2. The van der Waals surface area contributed by atoms with Gasteiger partial charge in [-0.05, 0) is 50.7 Å². The van der Waals surface area contributed by atoms with Crippen LogP contribution in [0.1, 0.15) is 51.4 Å². The summed E-state index contributed by atoms with van der Waals surface area (Å²) in [6.45, 7) is 6.93. The molecule has 6 heteroatoms. The Morgan fingerprint density at radius 1 is 1.00 bits per heavy atom. The van der Waals surface area contributed by atoms with Crippen LogP contribution in [0.4, 0.5) is 5.82 Å². The highest BCUT2D eigenvalue weighted by Gasteiger charge is 2.43. The number of nitrogens with zero attached hydrogens (tertiary/aromatic N) is 4. The third-order valence-corrected chi connectivity index (χ3v) is 7.96. The summed E-state index contributed by atoms with van der Waals surface area (Å²) in [5.41, 5.74) is -0.00646. The number of amides is 1. The van der Waals surface area contributed by atoms with Gasteiger partial charge in [0.2, 0.25) is 5.91 Å². The van der Waals surface area contributed by atoms with Crippen molar-refractivity contribution in [1.29, 1.82) is 0 Å². The zero-order valence-electron chi connectivity index (χ0n) is 18.2. The molecular formula is C24H36N4O2. The number of piperidine rings is 1. The molecule has 0 bridgehead atoms. The molecule has 1 amide bonds. The minimum Gasteiger partial charge on any atom is -0.375 e. The number of carbonyl (C=O) groups excluding carboxylic acids is 1. The first kappa shape index (κ1) is 20.3. The Morgan fingerprint density at radius 2 is 1.77 bits per heavy atom. The van der Waals surface area contributed by atoms with Crippen molar-refractivity contribution in [2.45, 2.75) is 63.0 Å². The summed E-state index contributed by atoms with van der Waals surface area (Å²) in [5.74, 6) is 1.81. The fourth-order valence-electron chi connectivity index (χ4n) is 6.08. The van der Waals surface area contributed by atoms with Gasteiger partial charge in [0.05, 0.1) is 5.60 Å². The summed E-state index contributed by atoms with van der Waals surface area (Å²) in [6.07, 6.45) is 10.8. The number of aromatic nitrogens is 1. The molecule has 0 N–H and O–H groups in total. The Hall–Kier alpha value is -1.66. The van der Waals surface area contributed by atoms with E-state index in [1.807, 2.05) is 12.3 Å². The van der Waals surface area contributed by atoms with Crippen molar-refractivity contribution in [1.82, 2.24) is 14.8 Å². The van der Waals surface area contributed by atoms with Crippen molar-refractivity contribution in [2.24, 2.45) is 5.92 Å². The lowest BCUT2D eigenvalue weighted by atomic mass is 9.81. The largest absolute Gasteiger partial charge is 0.375 e. The Labute approximate surface area is 180 Å². The first-order valence-corrected chi connectivity index (χ1v) is 12.1. The van der Waals surface area contributed by atoms with E-state index in [-0.39, 0.29) is 5.60 Å². The normalized spacial score (nSPS) is 28.2. The van der Waals surface area contributed by atoms with E-state index in [0.29, 0.717) is 17.9 Å². The molecule has 1 aromatic rings. The van der Waals surface area contributed by atoms with E-state index in [4.69, 9.17) is 4.74 Å². The van der Waals surface area contributed by atoms with Crippen LogP contribution in [0.2, 0.25) is 0 Å². The number of pyridine rings is 1. The van der Waals surface area contributed by atoms with Crippen LogP contribution in [0.3, 0.4) is 0 Å². The molecule has 4 aliphatic rings. The van der Waals surface area contributed by atoms with E-state index in [1.165, 1.54) is 12.8 Å². The van der Waals surface area contributed by atoms with E-state index < -0.39 is 0 Å². The molecule has 0 radical (unpaired) electrons. The van der Waals surface area contributed by atoms with Gasteiger partial charge in [-0.3, -0.25) is 9.69 Å². The molecule has 5 rings (SSSR count). The summed E-state index contributed by atoms with van der Waals surface area (Å²) >= 11 is 0. The molecule has 1 atom stereocenters. The van der Waals surface area contributed by atoms with Gasteiger partial charge in [0.1, 0.15) is 5.82 Å². The molecule has 6 nitrogen and oxygen atoms in total. The summed E-state index contributed by atoms with van der Waals surface area (Å²) in [6, 6.07) is 6.77. The van der Waals surface area contributed by atoms with E-state index in [1.54, 1.807) is 0 Å². The average Bonchev–Trinajstić information content (AvgIpc) is 3.35. The summed E-state index contributed by atoms with van der Waals surface area (Å²) in [4.78, 5) is 24.5. The van der Waals surface area contributed by atoms with Crippen molar-refractivity contribution in [2.75, 3.05) is 50.8 Å². The molecule has 1 aliphatic carbocycles. The SMILES string of the molecule is O=C(C1CCCC1)N1CCC2(CC1)CC(N1CCN(c3ccccn3)CC1)CCO2. The predicted octanol–water partition coefficient (Wildman–Crippen LogP) is 2.93. The highest BCUT2D eigenvalue weighted by molar-refractivity contribution is 5.79. The molecule has 30 heavy (non-hydrogen) atoms. The lowest BCUT2D eigenvalue weighted by Gasteiger charge is -2.50. The molecule has 1 aromatic heterocycles. The van der Waals surface area contributed by atoms with Gasteiger partial charge in [0.15, 0.2) is 0 Å². The lowest BCUT2D eigenvalue weighted by Crippen LogP contribution is -2.57. The van der Waals surface area contributed by atoms with Crippen LogP contribution in [0.25, 0.3) is 0 Å². The fourth-order valence-corrected chi connectivity index (χ4v) is 6.08. The second kappa shape index (κ2) is 8.83. The zero-order chi connectivity index (χ0) is 20.4. The number of anilines is 1. The summed E-state index contributed by atoms with van der Waals surface area (Å²) in [5, 5.41) is 0. The highest BCUT2D eigenvalue weighted by Crippen LogP contribution is 2.38. The van der Waals surface area contributed by atoms with Crippen molar-refractivity contribution >= 4 is 11.7 Å². The molecule has 4 heterocycles. The molecule has 164 valence electrons. The van der Waals surface area contributed by atoms with Gasteiger partial charge in [-0.1, -0.05) is 18.9 Å². The number of hydrogen-bond acceptors (Lipinski definition) is 5. The molecular weight excluding hydrogens is 376 g/mol. The number of hydrogen-bond donors (Lipinski definition) is 0. The smallest absolute Gasteiger partial charge is 0.225 e. The molecule has 3 aliphatic heterocycles. The Kier molecular flexibility index (Phi) is 5.96. The minimum atomic E-state index is -0.00646. The van der Waals surface area contributed by atoms with Crippen LogP contribution in [0, 0.1) is 5.92 Å². The van der Waals surface area contributed by atoms with Crippen LogP contribution in [0.15, 0.2) is 24.4 Å². The monoisotopic (exact) mass is 412 g/mol. The standard InChI is InChI=1S/C24H36N4O2/c29-23(20-5-1-2-6-20)28-12-9-24(10-13-28)19-21(8-18-30-24)26-14-16-27(17-15-26)22-7-3-4-11-25-22/h3-4,7,11,20-21H,1-2,5-6,8-10,12-19H2. The Balaban J connectivity index is 1.14. The maximum absolute atomic E-state index is 12.8. The second-order valence-electron chi connectivity index (χ2n) is 9.70.